The van der Waals surface area contributed by atoms with Crippen molar-refractivity contribution in [3.05, 3.63) is 59.7 Å². The normalized spacial score (nSPS) is 14.2. The summed E-state index contributed by atoms with van der Waals surface area (Å²) in [5.74, 6) is 1.13. The molecule has 0 unspecified atom stereocenters. The molecule has 0 aliphatic heterocycles. The molecule has 2 aromatic carbocycles. The molecule has 1 aliphatic carbocycles. The largest absolute Gasteiger partial charge is 0.493 e. The number of carbonyl (C=O) groups excluding carboxylic acids is 1. The van der Waals surface area contributed by atoms with E-state index < -0.39 is 0 Å². The maximum Gasteiger partial charge on any atom is 0.260 e. The van der Waals surface area contributed by atoms with E-state index in [9.17, 15) is 4.79 Å². The molecule has 0 aromatic heterocycles. The van der Waals surface area contributed by atoms with Crippen molar-refractivity contribution in [3.8, 4) is 11.5 Å². The van der Waals surface area contributed by atoms with Crippen LogP contribution in [0.2, 0.25) is 0 Å². The summed E-state index contributed by atoms with van der Waals surface area (Å²) in [6.07, 6.45) is 6.00. The first kappa shape index (κ1) is 19.7. The van der Waals surface area contributed by atoms with Crippen molar-refractivity contribution < 1.29 is 19.1 Å². The molecule has 148 valence electrons. The lowest BCUT2D eigenvalue weighted by Crippen LogP contribution is -2.34. The van der Waals surface area contributed by atoms with Gasteiger partial charge >= 0.3 is 0 Å². The summed E-state index contributed by atoms with van der Waals surface area (Å²) in [5.41, 5.74) is 1.87. The highest BCUT2D eigenvalue weighted by Gasteiger charge is 2.17. The lowest BCUT2D eigenvalue weighted by molar-refractivity contribution is -0.126. The van der Waals surface area contributed by atoms with Crippen LogP contribution in [0.5, 0.6) is 11.5 Å². The third-order valence-corrected chi connectivity index (χ3v) is 4.62. The first-order valence-corrected chi connectivity index (χ1v) is 9.54. The third-order valence-electron chi connectivity index (χ3n) is 4.62. The van der Waals surface area contributed by atoms with Crippen molar-refractivity contribution in [1.82, 2.24) is 5.32 Å². The van der Waals surface area contributed by atoms with Crippen LogP contribution in [0.1, 0.15) is 36.8 Å². The number of amides is 1. The first-order chi connectivity index (χ1) is 13.7. The molecule has 0 bridgehead atoms. The number of ether oxygens (including phenoxy) is 2. The molecule has 1 saturated carbocycles. The minimum Gasteiger partial charge on any atom is -0.493 e. The van der Waals surface area contributed by atoms with Crippen LogP contribution in [0.3, 0.4) is 0 Å². The van der Waals surface area contributed by atoms with Gasteiger partial charge in [-0.15, -0.1) is 0 Å². The fourth-order valence-corrected chi connectivity index (χ4v) is 3.15. The van der Waals surface area contributed by atoms with E-state index >= 15 is 0 Å². The molecule has 0 spiro atoms. The molecule has 1 fully saturated rings. The van der Waals surface area contributed by atoms with Crippen LogP contribution in [0.25, 0.3) is 0 Å². The van der Waals surface area contributed by atoms with E-state index in [0.717, 1.165) is 24.0 Å². The van der Waals surface area contributed by atoms with Crippen molar-refractivity contribution >= 4 is 12.1 Å². The van der Waals surface area contributed by atoms with E-state index in [1.54, 1.807) is 13.3 Å². The van der Waals surface area contributed by atoms with Gasteiger partial charge in [0.2, 0.25) is 0 Å². The summed E-state index contributed by atoms with van der Waals surface area (Å²) in [6.45, 7) is 0.381. The molecule has 6 nitrogen and oxygen atoms in total. The van der Waals surface area contributed by atoms with Crippen molar-refractivity contribution in [2.45, 2.75) is 38.3 Å². The van der Waals surface area contributed by atoms with Gasteiger partial charge in [-0.3, -0.25) is 4.79 Å². The average molecular weight is 382 g/mol. The molecule has 2 aromatic rings. The zero-order valence-corrected chi connectivity index (χ0v) is 16.1. The van der Waals surface area contributed by atoms with Gasteiger partial charge in [0.1, 0.15) is 6.61 Å². The molecule has 28 heavy (non-hydrogen) atoms. The van der Waals surface area contributed by atoms with Crippen LogP contribution >= 0.6 is 0 Å². The monoisotopic (exact) mass is 382 g/mol. The summed E-state index contributed by atoms with van der Waals surface area (Å²) in [4.78, 5) is 16.9. The van der Waals surface area contributed by atoms with Crippen LogP contribution in [0.15, 0.2) is 53.7 Å². The van der Waals surface area contributed by atoms with Gasteiger partial charge in [-0.05, 0) is 36.6 Å². The third kappa shape index (κ3) is 6.01. The number of benzene rings is 2. The van der Waals surface area contributed by atoms with Crippen LogP contribution in [0.4, 0.5) is 0 Å². The number of hydrogen-bond acceptors (Lipinski definition) is 5. The van der Waals surface area contributed by atoms with Gasteiger partial charge in [-0.2, -0.15) is 0 Å². The molecule has 6 heteroatoms. The fraction of sp³-hybridized carbons (Fsp3) is 0.364. The number of carbonyl (C=O) groups is 1. The molecule has 0 saturated heterocycles. The van der Waals surface area contributed by atoms with Gasteiger partial charge in [-0.25, -0.2) is 0 Å². The van der Waals surface area contributed by atoms with Crippen LogP contribution in [-0.4, -0.2) is 31.9 Å². The number of rotatable bonds is 9. The minimum absolute atomic E-state index is 0.0809. The Labute approximate surface area is 165 Å². The van der Waals surface area contributed by atoms with E-state index in [2.05, 4.69) is 10.5 Å². The van der Waals surface area contributed by atoms with Gasteiger partial charge in [-0.1, -0.05) is 48.3 Å². The molecular weight excluding hydrogens is 356 g/mol. The van der Waals surface area contributed by atoms with Crippen molar-refractivity contribution in [3.63, 3.8) is 0 Å². The lowest BCUT2D eigenvalue weighted by Gasteiger charge is -2.11. The molecule has 1 amide bonds. The van der Waals surface area contributed by atoms with Crippen molar-refractivity contribution in [2.24, 2.45) is 5.16 Å². The fourth-order valence-electron chi connectivity index (χ4n) is 3.15. The van der Waals surface area contributed by atoms with Crippen molar-refractivity contribution in [1.29, 1.82) is 0 Å². The topological polar surface area (TPSA) is 69.2 Å². The highest BCUT2D eigenvalue weighted by molar-refractivity contribution is 5.81. The Morgan fingerprint density at radius 2 is 1.93 bits per heavy atom. The SMILES string of the molecule is COc1cc(/C=N\OCC(=O)NC2CCCC2)ccc1OCc1ccccc1. The summed E-state index contributed by atoms with van der Waals surface area (Å²) in [6, 6.07) is 15.7. The van der Waals surface area contributed by atoms with E-state index in [-0.39, 0.29) is 18.6 Å². The van der Waals surface area contributed by atoms with E-state index in [4.69, 9.17) is 14.3 Å². The second kappa shape index (κ2) is 10.3. The standard InChI is InChI=1S/C22H26N2O4/c1-26-21-13-18(11-12-20(21)27-15-17-7-3-2-4-8-17)14-23-28-16-22(25)24-19-9-5-6-10-19/h2-4,7-8,11-14,19H,5-6,9-10,15-16H2,1H3,(H,24,25)/b23-14-. The molecule has 3 rings (SSSR count). The summed E-state index contributed by atoms with van der Waals surface area (Å²) in [5, 5.41) is 6.83. The van der Waals surface area contributed by atoms with E-state index in [0.29, 0.717) is 18.1 Å². The summed E-state index contributed by atoms with van der Waals surface area (Å²) in [7, 11) is 1.59. The lowest BCUT2D eigenvalue weighted by atomic mass is 10.2. The Morgan fingerprint density at radius 1 is 1.14 bits per heavy atom. The van der Waals surface area contributed by atoms with Crippen LogP contribution in [-0.2, 0) is 16.2 Å². The maximum atomic E-state index is 11.8. The smallest absolute Gasteiger partial charge is 0.260 e. The number of nitrogens with one attached hydrogen (secondary N) is 1. The number of oxime groups is 1. The predicted molar refractivity (Wildman–Crippen MR) is 108 cm³/mol. The quantitative estimate of drug-likeness (QED) is 0.531. The van der Waals surface area contributed by atoms with Crippen LogP contribution < -0.4 is 14.8 Å². The van der Waals surface area contributed by atoms with E-state index in [1.807, 2.05) is 48.5 Å². The molecular formula is C22H26N2O4. The average Bonchev–Trinajstić information content (AvgIpc) is 3.23. The Kier molecular flexibility index (Phi) is 7.29. The molecule has 1 N–H and O–H groups in total. The van der Waals surface area contributed by atoms with Crippen LogP contribution in [0, 0.1) is 0 Å². The summed E-state index contributed by atoms with van der Waals surface area (Å²) < 4.78 is 11.2. The molecule has 0 radical (unpaired) electrons. The van der Waals surface area contributed by atoms with E-state index in [1.165, 1.54) is 12.8 Å². The second-order valence-corrected chi connectivity index (χ2v) is 6.74. The summed E-state index contributed by atoms with van der Waals surface area (Å²) >= 11 is 0. The Morgan fingerprint density at radius 3 is 2.68 bits per heavy atom. The van der Waals surface area contributed by atoms with Gasteiger partial charge in [0.15, 0.2) is 18.1 Å². The zero-order valence-electron chi connectivity index (χ0n) is 16.1. The highest BCUT2D eigenvalue weighted by Crippen LogP contribution is 2.28. The Hall–Kier alpha value is -3.02. The molecule has 1 aliphatic rings. The zero-order chi connectivity index (χ0) is 19.6. The predicted octanol–water partition coefficient (Wildman–Crippen LogP) is 3.68. The van der Waals surface area contributed by atoms with Gasteiger partial charge in [0.05, 0.1) is 13.3 Å². The maximum absolute atomic E-state index is 11.8. The molecule has 0 atom stereocenters. The Balaban J connectivity index is 1.48. The number of nitrogens with zero attached hydrogens (tertiary/aromatic N) is 1. The second-order valence-electron chi connectivity index (χ2n) is 6.74. The molecule has 0 heterocycles. The first-order valence-electron chi connectivity index (χ1n) is 9.54. The minimum atomic E-state index is -0.133. The highest BCUT2D eigenvalue weighted by atomic mass is 16.6. The number of methoxy groups -OCH3 is 1. The Bertz CT molecular complexity index is 786. The van der Waals surface area contributed by atoms with Gasteiger partial charge in [0.25, 0.3) is 5.91 Å². The number of hydrogen-bond donors (Lipinski definition) is 1. The van der Waals surface area contributed by atoms with Crippen molar-refractivity contribution in [2.75, 3.05) is 13.7 Å². The van der Waals surface area contributed by atoms with Gasteiger partial charge in [0, 0.05) is 11.6 Å². The van der Waals surface area contributed by atoms with Gasteiger partial charge < -0.3 is 19.6 Å².